The third-order valence-electron chi connectivity index (χ3n) is 2.42. The lowest BCUT2D eigenvalue weighted by molar-refractivity contribution is -0.164. The lowest BCUT2D eigenvalue weighted by atomic mass is 10.1. The first-order valence-corrected chi connectivity index (χ1v) is 7.51. The largest absolute Gasteiger partial charge is 0.460 e. The standard InChI is InChI=1S/C16H30O5/c1-11(2)9-19-10-13(4)20-15(18)12(3)8-14(17)21-16(5,6)7/h11-13H,8-10H2,1-7H3/t12-,13+/m1/s1. The molecular formula is C16H30O5. The molecule has 124 valence electrons. The predicted octanol–water partition coefficient (Wildman–Crippen LogP) is 2.96. The summed E-state index contributed by atoms with van der Waals surface area (Å²) in [6.07, 6.45) is -0.298. The third-order valence-corrected chi connectivity index (χ3v) is 2.42. The fraction of sp³-hybridized carbons (Fsp3) is 0.875. The summed E-state index contributed by atoms with van der Waals surface area (Å²) in [5, 5.41) is 0. The first kappa shape index (κ1) is 19.9. The Labute approximate surface area is 128 Å². The van der Waals surface area contributed by atoms with E-state index in [4.69, 9.17) is 14.2 Å². The van der Waals surface area contributed by atoms with Crippen molar-refractivity contribution in [2.45, 2.75) is 66.6 Å². The molecule has 5 nitrogen and oxygen atoms in total. The van der Waals surface area contributed by atoms with Crippen molar-refractivity contribution in [1.29, 1.82) is 0 Å². The van der Waals surface area contributed by atoms with Crippen molar-refractivity contribution in [2.75, 3.05) is 13.2 Å². The van der Waals surface area contributed by atoms with Gasteiger partial charge in [-0.3, -0.25) is 9.59 Å². The summed E-state index contributed by atoms with van der Waals surface area (Å²) in [7, 11) is 0. The minimum Gasteiger partial charge on any atom is -0.460 e. The zero-order valence-corrected chi connectivity index (χ0v) is 14.4. The van der Waals surface area contributed by atoms with Crippen LogP contribution >= 0.6 is 0 Å². The molecule has 0 spiro atoms. The first-order chi connectivity index (χ1) is 9.51. The summed E-state index contributed by atoms with van der Waals surface area (Å²) in [5.41, 5.74) is -0.543. The topological polar surface area (TPSA) is 61.8 Å². The van der Waals surface area contributed by atoms with Gasteiger partial charge in [-0.25, -0.2) is 0 Å². The van der Waals surface area contributed by atoms with Crippen LogP contribution in [0.5, 0.6) is 0 Å². The molecule has 2 atom stereocenters. The van der Waals surface area contributed by atoms with Crippen LogP contribution in [-0.4, -0.2) is 36.9 Å². The van der Waals surface area contributed by atoms with Gasteiger partial charge in [0, 0.05) is 6.61 Å². The molecule has 0 aliphatic heterocycles. The zero-order chi connectivity index (χ0) is 16.6. The summed E-state index contributed by atoms with van der Waals surface area (Å²) in [4.78, 5) is 23.5. The fourth-order valence-electron chi connectivity index (χ4n) is 1.53. The molecule has 0 aliphatic carbocycles. The third kappa shape index (κ3) is 11.3. The highest BCUT2D eigenvalue weighted by Crippen LogP contribution is 2.13. The summed E-state index contributed by atoms with van der Waals surface area (Å²) in [5.74, 6) is -0.872. The van der Waals surface area contributed by atoms with Crippen molar-refractivity contribution in [3.05, 3.63) is 0 Å². The second-order valence-electron chi connectivity index (χ2n) is 6.87. The van der Waals surface area contributed by atoms with Crippen LogP contribution in [0, 0.1) is 11.8 Å². The SMILES string of the molecule is CC(C)COC[C@H](C)OC(=O)[C@H](C)CC(=O)OC(C)(C)C. The van der Waals surface area contributed by atoms with Crippen LogP contribution in [0.3, 0.4) is 0 Å². The Morgan fingerprint density at radius 3 is 2.05 bits per heavy atom. The van der Waals surface area contributed by atoms with E-state index in [-0.39, 0.29) is 12.5 Å². The maximum absolute atomic E-state index is 11.9. The average molecular weight is 302 g/mol. The maximum atomic E-state index is 11.9. The minimum absolute atomic E-state index is 0.0235. The molecular weight excluding hydrogens is 272 g/mol. The Bertz CT molecular complexity index is 330. The molecule has 0 N–H and O–H groups in total. The van der Waals surface area contributed by atoms with Gasteiger partial charge in [0.05, 0.1) is 18.9 Å². The normalized spacial score (nSPS) is 14.7. The number of esters is 2. The summed E-state index contributed by atoms with van der Waals surface area (Å²) in [6, 6.07) is 0. The van der Waals surface area contributed by atoms with Gasteiger partial charge >= 0.3 is 11.9 Å². The van der Waals surface area contributed by atoms with Crippen LogP contribution < -0.4 is 0 Å². The van der Waals surface area contributed by atoms with Gasteiger partial charge in [0.15, 0.2) is 0 Å². The van der Waals surface area contributed by atoms with E-state index in [0.29, 0.717) is 19.1 Å². The Morgan fingerprint density at radius 1 is 1.00 bits per heavy atom. The van der Waals surface area contributed by atoms with Crippen molar-refractivity contribution >= 4 is 11.9 Å². The van der Waals surface area contributed by atoms with E-state index in [1.807, 2.05) is 0 Å². The number of carbonyl (C=O) groups is 2. The van der Waals surface area contributed by atoms with Crippen LogP contribution in [0.15, 0.2) is 0 Å². The van der Waals surface area contributed by atoms with E-state index < -0.39 is 23.5 Å². The molecule has 0 aliphatic rings. The van der Waals surface area contributed by atoms with Crippen molar-refractivity contribution in [2.24, 2.45) is 11.8 Å². The molecule has 0 saturated heterocycles. The van der Waals surface area contributed by atoms with Crippen molar-refractivity contribution in [3.8, 4) is 0 Å². The number of hydrogen-bond acceptors (Lipinski definition) is 5. The average Bonchev–Trinajstić information content (AvgIpc) is 2.25. The molecule has 0 amide bonds. The Morgan fingerprint density at radius 2 is 1.57 bits per heavy atom. The summed E-state index contributed by atoms with van der Waals surface area (Å²) < 4.78 is 15.9. The van der Waals surface area contributed by atoms with E-state index in [1.54, 1.807) is 34.6 Å². The number of hydrogen-bond donors (Lipinski definition) is 0. The predicted molar refractivity (Wildman–Crippen MR) is 80.8 cm³/mol. The Kier molecular flexibility index (Phi) is 8.55. The van der Waals surface area contributed by atoms with Crippen molar-refractivity contribution < 1.29 is 23.8 Å². The fourth-order valence-corrected chi connectivity index (χ4v) is 1.53. The molecule has 0 fully saturated rings. The van der Waals surface area contributed by atoms with Gasteiger partial charge in [-0.2, -0.15) is 0 Å². The lowest BCUT2D eigenvalue weighted by Gasteiger charge is -2.21. The smallest absolute Gasteiger partial charge is 0.309 e. The second kappa shape index (κ2) is 9.03. The highest BCUT2D eigenvalue weighted by atomic mass is 16.6. The lowest BCUT2D eigenvalue weighted by Crippen LogP contribution is -2.29. The summed E-state index contributed by atoms with van der Waals surface area (Å²) in [6.45, 7) is 13.9. The van der Waals surface area contributed by atoms with Gasteiger partial charge in [0.1, 0.15) is 11.7 Å². The minimum atomic E-state index is -0.543. The monoisotopic (exact) mass is 302 g/mol. The number of carbonyl (C=O) groups excluding carboxylic acids is 2. The highest BCUT2D eigenvalue weighted by molar-refractivity contribution is 5.79. The molecule has 0 rings (SSSR count). The van der Waals surface area contributed by atoms with Crippen LogP contribution in [0.25, 0.3) is 0 Å². The molecule has 0 unspecified atom stereocenters. The molecule has 0 aromatic heterocycles. The number of ether oxygens (including phenoxy) is 3. The Hall–Kier alpha value is -1.10. The number of rotatable bonds is 8. The van der Waals surface area contributed by atoms with Crippen LogP contribution in [0.2, 0.25) is 0 Å². The molecule has 0 heterocycles. The van der Waals surface area contributed by atoms with E-state index in [0.717, 1.165) is 0 Å². The van der Waals surface area contributed by atoms with Crippen LogP contribution in [0.4, 0.5) is 0 Å². The molecule has 0 aromatic rings. The van der Waals surface area contributed by atoms with E-state index in [9.17, 15) is 9.59 Å². The highest BCUT2D eigenvalue weighted by Gasteiger charge is 2.24. The molecule has 5 heteroatoms. The van der Waals surface area contributed by atoms with Gasteiger partial charge in [0.2, 0.25) is 0 Å². The van der Waals surface area contributed by atoms with Gasteiger partial charge in [0.25, 0.3) is 0 Å². The van der Waals surface area contributed by atoms with Gasteiger partial charge in [-0.15, -0.1) is 0 Å². The molecule has 21 heavy (non-hydrogen) atoms. The van der Waals surface area contributed by atoms with Crippen LogP contribution in [0.1, 0.15) is 54.9 Å². The zero-order valence-electron chi connectivity index (χ0n) is 14.4. The first-order valence-electron chi connectivity index (χ1n) is 7.51. The van der Waals surface area contributed by atoms with E-state index in [1.165, 1.54) is 0 Å². The van der Waals surface area contributed by atoms with Gasteiger partial charge in [-0.1, -0.05) is 20.8 Å². The van der Waals surface area contributed by atoms with E-state index in [2.05, 4.69) is 13.8 Å². The van der Waals surface area contributed by atoms with Gasteiger partial charge < -0.3 is 14.2 Å². The van der Waals surface area contributed by atoms with Crippen molar-refractivity contribution in [3.63, 3.8) is 0 Å². The molecule has 0 aromatic carbocycles. The quantitative estimate of drug-likeness (QED) is 0.645. The van der Waals surface area contributed by atoms with Crippen LogP contribution in [-0.2, 0) is 23.8 Å². The van der Waals surface area contributed by atoms with Crippen molar-refractivity contribution in [1.82, 2.24) is 0 Å². The Balaban J connectivity index is 4.06. The molecule has 0 saturated carbocycles. The summed E-state index contributed by atoms with van der Waals surface area (Å²) >= 11 is 0. The van der Waals surface area contributed by atoms with Gasteiger partial charge in [-0.05, 0) is 33.6 Å². The van der Waals surface area contributed by atoms with E-state index >= 15 is 0 Å². The maximum Gasteiger partial charge on any atom is 0.309 e. The molecule has 0 bridgehead atoms. The second-order valence-corrected chi connectivity index (χ2v) is 6.87. The molecule has 0 radical (unpaired) electrons.